The van der Waals surface area contributed by atoms with Gasteiger partial charge in [-0.25, -0.2) is 13.1 Å². The second-order valence-corrected chi connectivity index (χ2v) is 6.29. The number of rotatable bonds is 4. The molecular formula is C9H20N2O3S. The van der Waals surface area contributed by atoms with Gasteiger partial charge < -0.3 is 5.11 Å². The topological polar surface area (TPSA) is 69.6 Å². The molecule has 90 valence electrons. The number of β-amino-alcohol motifs (C(OH)–C–C–N with tert-alkyl or cyclic N) is 1. The number of aliphatic hydroxyl groups is 1. The zero-order chi connectivity index (χ0) is 11.6. The third-order valence-corrected chi connectivity index (χ3v) is 3.37. The molecule has 1 aliphatic rings. The molecule has 0 radical (unpaired) electrons. The molecule has 6 heteroatoms. The van der Waals surface area contributed by atoms with Crippen molar-refractivity contribution in [3.63, 3.8) is 0 Å². The highest BCUT2D eigenvalue weighted by atomic mass is 32.2. The summed E-state index contributed by atoms with van der Waals surface area (Å²) in [5.41, 5.74) is 0. The van der Waals surface area contributed by atoms with Crippen molar-refractivity contribution < 1.29 is 13.5 Å². The van der Waals surface area contributed by atoms with E-state index in [4.69, 9.17) is 0 Å². The van der Waals surface area contributed by atoms with Gasteiger partial charge >= 0.3 is 0 Å². The highest BCUT2D eigenvalue weighted by Gasteiger charge is 2.32. The van der Waals surface area contributed by atoms with Gasteiger partial charge in [-0.15, -0.1) is 0 Å². The number of hydrogen-bond acceptors (Lipinski definition) is 4. The summed E-state index contributed by atoms with van der Waals surface area (Å²) in [6.45, 7) is 5.11. The monoisotopic (exact) mass is 236 g/mol. The van der Waals surface area contributed by atoms with E-state index in [1.165, 1.54) is 0 Å². The molecule has 0 aromatic rings. The van der Waals surface area contributed by atoms with Gasteiger partial charge in [-0.05, 0) is 20.3 Å². The molecule has 0 aromatic carbocycles. The van der Waals surface area contributed by atoms with Gasteiger partial charge in [-0.2, -0.15) is 0 Å². The normalized spacial score (nSPS) is 28.9. The van der Waals surface area contributed by atoms with Crippen LogP contribution in [0.2, 0.25) is 0 Å². The van der Waals surface area contributed by atoms with Crippen molar-refractivity contribution in [2.75, 3.05) is 19.3 Å². The Morgan fingerprint density at radius 3 is 2.60 bits per heavy atom. The van der Waals surface area contributed by atoms with E-state index < -0.39 is 10.0 Å². The zero-order valence-corrected chi connectivity index (χ0v) is 10.3. The lowest BCUT2D eigenvalue weighted by Crippen LogP contribution is -2.43. The fraction of sp³-hybridized carbons (Fsp3) is 1.00. The second-order valence-electron chi connectivity index (χ2n) is 4.45. The van der Waals surface area contributed by atoms with Crippen molar-refractivity contribution in [1.29, 1.82) is 0 Å². The van der Waals surface area contributed by atoms with E-state index in [0.717, 1.165) is 6.26 Å². The summed E-state index contributed by atoms with van der Waals surface area (Å²) in [7, 11) is -3.14. The molecule has 1 fully saturated rings. The fourth-order valence-electron chi connectivity index (χ4n) is 2.00. The van der Waals surface area contributed by atoms with Gasteiger partial charge in [0.05, 0.1) is 12.4 Å². The smallest absolute Gasteiger partial charge is 0.208 e. The molecule has 2 unspecified atom stereocenters. The molecule has 0 bridgehead atoms. The highest BCUT2D eigenvalue weighted by Crippen LogP contribution is 2.19. The van der Waals surface area contributed by atoms with Crippen LogP contribution in [0.1, 0.15) is 20.3 Å². The molecule has 1 rings (SSSR count). The summed E-state index contributed by atoms with van der Waals surface area (Å²) >= 11 is 0. The minimum atomic E-state index is -3.14. The van der Waals surface area contributed by atoms with E-state index in [1.807, 2.05) is 13.8 Å². The first kappa shape index (κ1) is 12.9. The molecule has 0 spiro atoms. The second kappa shape index (κ2) is 4.78. The van der Waals surface area contributed by atoms with Crippen LogP contribution in [0.4, 0.5) is 0 Å². The minimum Gasteiger partial charge on any atom is -0.392 e. The van der Waals surface area contributed by atoms with Crippen LogP contribution >= 0.6 is 0 Å². The van der Waals surface area contributed by atoms with Crippen LogP contribution in [-0.4, -0.2) is 56.0 Å². The number of sulfonamides is 1. The molecule has 0 saturated carbocycles. The number of aliphatic hydroxyl groups excluding tert-OH is 1. The summed E-state index contributed by atoms with van der Waals surface area (Å²) in [4.78, 5) is 2.13. The Hall–Kier alpha value is -0.170. The Morgan fingerprint density at radius 2 is 2.13 bits per heavy atom. The fourth-order valence-corrected chi connectivity index (χ4v) is 2.49. The van der Waals surface area contributed by atoms with Crippen molar-refractivity contribution in [2.45, 2.75) is 38.5 Å². The van der Waals surface area contributed by atoms with E-state index in [1.54, 1.807) is 0 Å². The maximum atomic E-state index is 11.0. The number of nitrogens with zero attached hydrogens (tertiary/aromatic N) is 1. The Labute approximate surface area is 91.5 Å². The lowest BCUT2D eigenvalue weighted by Gasteiger charge is -2.27. The number of likely N-dealkylation sites (tertiary alicyclic amines) is 1. The first-order chi connectivity index (χ1) is 6.79. The predicted octanol–water partition coefficient (Wildman–Crippen LogP) is -0.621. The standard InChI is InChI=1S/C9H20N2O3S/c1-7(2)11-6-9(12)4-8(11)5-10-15(3,13)14/h7-10,12H,4-6H2,1-3H3. The third-order valence-electron chi connectivity index (χ3n) is 2.68. The Morgan fingerprint density at radius 1 is 1.53 bits per heavy atom. The van der Waals surface area contributed by atoms with Gasteiger partial charge in [-0.3, -0.25) is 4.90 Å². The largest absolute Gasteiger partial charge is 0.392 e. The lowest BCUT2D eigenvalue weighted by atomic mass is 10.2. The molecule has 1 heterocycles. The Bertz CT molecular complexity index is 302. The van der Waals surface area contributed by atoms with Gasteiger partial charge in [-0.1, -0.05) is 0 Å². The van der Waals surface area contributed by atoms with Crippen LogP contribution < -0.4 is 4.72 Å². The average Bonchev–Trinajstić information content (AvgIpc) is 2.42. The maximum Gasteiger partial charge on any atom is 0.208 e. The maximum absolute atomic E-state index is 11.0. The third kappa shape index (κ3) is 4.06. The van der Waals surface area contributed by atoms with Crippen molar-refractivity contribution in [3.8, 4) is 0 Å². The average molecular weight is 236 g/mol. The Kier molecular flexibility index (Phi) is 4.11. The SMILES string of the molecule is CC(C)N1CC(O)CC1CNS(C)(=O)=O. The van der Waals surface area contributed by atoms with E-state index in [2.05, 4.69) is 9.62 Å². The van der Waals surface area contributed by atoms with Gasteiger partial charge in [0.1, 0.15) is 0 Å². The molecule has 0 aliphatic carbocycles. The van der Waals surface area contributed by atoms with Crippen molar-refractivity contribution in [2.24, 2.45) is 0 Å². The zero-order valence-electron chi connectivity index (χ0n) is 9.47. The van der Waals surface area contributed by atoms with Gasteiger partial charge in [0, 0.05) is 25.2 Å². The Balaban J connectivity index is 2.53. The molecule has 15 heavy (non-hydrogen) atoms. The highest BCUT2D eigenvalue weighted by molar-refractivity contribution is 7.88. The van der Waals surface area contributed by atoms with E-state index in [9.17, 15) is 13.5 Å². The van der Waals surface area contributed by atoms with Crippen LogP contribution in [0.5, 0.6) is 0 Å². The first-order valence-electron chi connectivity index (χ1n) is 5.18. The molecule has 1 saturated heterocycles. The van der Waals surface area contributed by atoms with Crippen LogP contribution in [0, 0.1) is 0 Å². The number of nitrogens with one attached hydrogen (secondary N) is 1. The molecular weight excluding hydrogens is 216 g/mol. The molecule has 0 amide bonds. The quantitative estimate of drug-likeness (QED) is 0.682. The van der Waals surface area contributed by atoms with Crippen molar-refractivity contribution in [3.05, 3.63) is 0 Å². The van der Waals surface area contributed by atoms with Crippen LogP contribution in [0.3, 0.4) is 0 Å². The summed E-state index contributed by atoms with van der Waals surface area (Å²) < 4.78 is 24.4. The molecule has 0 aromatic heterocycles. The van der Waals surface area contributed by atoms with Crippen molar-refractivity contribution >= 4 is 10.0 Å². The predicted molar refractivity (Wildman–Crippen MR) is 59.1 cm³/mol. The van der Waals surface area contributed by atoms with E-state index >= 15 is 0 Å². The summed E-state index contributed by atoms with van der Waals surface area (Å²) in [6, 6.07) is 0.434. The van der Waals surface area contributed by atoms with Gasteiger partial charge in [0.2, 0.25) is 10.0 Å². The van der Waals surface area contributed by atoms with Crippen LogP contribution in [0.15, 0.2) is 0 Å². The minimum absolute atomic E-state index is 0.106. The van der Waals surface area contributed by atoms with Crippen LogP contribution in [-0.2, 0) is 10.0 Å². The molecule has 1 aliphatic heterocycles. The first-order valence-corrected chi connectivity index (χ1v) is 7.07. The summed E-state index contributed by atoms with van der Waals surface area (Å²) in [5.74, 6) is 0. The van der Waals surface area contributed by atoms with Crippen molar-refractivity contribution in [1.82, 2.24) is 9.62 Å². The number of hydrogen-bond donors (Lipinski definition) is 2. The van der Waals surface area contributed by atoms with Gasteiger partial charge in [0.25, 0.3) is 0 Å². The van der Waals surface area contributed by atoms with Crippen LogP contribution in [0.25, 0.3) is 0 Å². The van der Waals surface area contributed by atoms with Gasteiger partial charge in [0.15, 0.2) is 0 Å². The lowest BCUT2D eigenvalue weighted by molar-refractivity contribution is 0.159. The molecule has 5 nitrogen and oxygen atoms in total. The molecule has 2 atom stereocenters. The van der Waals surface area contributed by atoms with E-state index in [-0.39, 0.29) is 12.1 Å². The van der Waals surface area contributed by atoms with E-state index in [0.29, 0.717) is 25.6 Å². The summed E-state index contributed by atoms with van der Waals surface area (Å²) in [5, 5.41) is 9.53. The summed E-state index contributed by atoms with van der Waals surface area (Å²) in [6.07, 6.45) is 1.46. The molecule has 2 N–H and O–H groups in total.